The number of rotatable bonds is 12. The maximum atomic E-state index is 12.9. The van der Waals surface area contributed by atoms with Crippen molar-refractivity contribution in [2.75, 3.05) is 14.2 Å². The van der Waals surface area contributed by atoms with Gasteiger partial charge in [0.05, 0.1) is 14.2 Å². The summed E-state index contributed by atoms with van der Waals surface area (Å²) in [7, 11) is 2.09. The van der Waals surface area contributed by atoms with E-state index >= 15 is 0 Å². The van der Waals surface area contributed by atoms with Gasteiger partial charge in [0.2, 0.25) is 5.91 Å². The predicted molar refractivity (Wildman–Crippen MR) is 119 cm³/mol. The highest BCUT2D eigenvalue weighted by molar-refractivity contribution is 5.96. The van der Waals surface area contributed by atoms with Gasteiger partial charge in [-0.05, 0) is 17.9 Å². The van der Waals surface area contributed by atoms with Gasteiger partial charge < -0.3 is 30.0 Å². The maximum absolute atomic E-state index is 12.9. The number of carbonyl (C=O) groups is 5. The third-order valence-electron chi connectivity index (χ3n) is 5.05. The first-order valence-electron chi connectivity index (χ1n) is 10.7. The Hall–Kier alpha value is -3.63. The molecule has 3 N–H and O–H groups in total. The molecule has 0 saturated heterocycles. The highest BCUT2D eigenvalue weighted by atomic mass is 16.6. The zero-order valence-electron chi connectivity index (χ0n) is 19.9. The van der Waals surface area contributed by atoms with Gasteiger partial charge in [0, 0.05) is 5.92 Å². The number of ether oxygens (including phenoxy) is 3. The molecule has 34 heavy (non-hydrogen) atoms. The Balaban J connectivity index is 2.97. The zero-order valence-corrected chi connectivity index (χ0v) is 19.9. The Morgan fingerprint density at radius 2 is 1.47 bits per heavy atom. The van der Waals surface area contributed by atoms with Gasteiger partial charge in [-0.3, -0.25) is 14.4 Å². The Bertz CT molecular complexity index is 841. The molecule has 0 fully saturated rings. The minimum absolute atomic E-state index is 0.0165. The van der Waals surface area contributed by atoms with Gasteiger partial charge in [0.15, 0.2) is 5.92 Å². The van der Waals surface area contributed by atoms with Crippen LogP contribution in [0.3, 0.4) is 0 Å². The van der Waals surface area contributed by atoms with Gasteiger partial charge in [-0.2, -0.15) is 0 Å². The van der Waals surface area contributed by atoms with Crippen molar-refractivity contribution in [3.63, 3.8) is 0 Å². The molecule has 0 radical (unpaired) electrons. The normalized spacial score (nSPS) is 13.4. The number of esters is 2. The molecule has 0 aliphatic rings. The molecule has 0 bridgehead atoms. The molecule has 188 valence electrons. The number of hydrogen-bond acceptors (Lipinski definition) is 8. The Morgan fingerprint density at radius 1 is 0.912 bits per heavy atom. The smallest absolute Gasteiger partial charge is 0.408 e. The number of benzene rings is 1. The number of hydrogen-bond donors (Lipinski definition) is 3. The maximum Gasteiger partial charge on any atom is 0.408 e. The van der Waals surface area contributed by atoms with Crippen LogP contribution < -0.4 is 10.6 Å². The van der Waals surface area contributed by atoms with Crippen molar-refractivity contribution in [1.29, 1.82) is 0 Å². The van der Waals surface area contributed by atoms with E-state index in [1.807, 2.05) is 19.9 Å². The number of carboxylic acids is 1. The molecule has 0 aromatic heterocycles. The molecular formula is C23H32N2O9. The molecule has 1 aromatic carbocycles. The second-order valence-electron chi connectivity index (χ2n) is 8.10. The lowest BCUT2D eigenvalue weighted by atomic mass is 9.87. The molecule has 0 heterocycles. The second kappa shape index (κ2) is 13.8. The van der Waals surface area contributed by atoms with E-state index in [1.165, 1.54) is 6.92 Å². The van der Waals surface area contributed by atoms with Crippen LogP contribution in [0, 0.1) is 17.8 Å². The van der Waals surface area contributed by atoms with Crippen molar-refractivity contribution < 1.29 is 43.3 Å². The third-order valence-corrected chi connectivity index (χ3v) is 5.05. The van der Waals surface area contributed by atoms with Gasteiger partial charge >= 0.3 is 24.0 Å². The number of carboxylic acid groups (broad SMARTS) is 1. The average molecular weight is 481 g/mol. The molecule has 2 amide bonds. The first-order valence-corrected chi connectivity index (χ1v) is 10.7. The van der Waals surface area contributed by atoms with Gasteiger partial charge in [-0.15, -0.1) is 0 Å². The molecule has 0 spiro atoms. The van der Waals surface area contributed by atoms with Crippen molar-refractivity contribution in [2.24, 2.45) is 17.8 Å². The SMILES string of the molecule is COC(=O)C(C(=O)OC)[C@@H](C)[C@H](NC(=O)[C@H](CC(C)C)NC(=O)OCc1ccccc1)C(=O)O. The Morgan fingerprint density at radius 3 is 1.94 bits per heavy atom. The summed E-state index contributed by atoms with van der Waals surface area (Å²) in [4.78, 5) is 61.3. The summed E-state index contributed by atoms with van der Waals surface area (Å²) in [6.07, 6.45) is -0.670. The molecule has 0 aliphatic carbocycles. The van der Waals surface area contributed by atoms with Crippen molar-refractivity contribution >= 4 is 29.9 Å². The van der Waals surface area contributed by atoms with E-state index in [0.717, 1.165) is 19.8 Å². The van der Waals surface area contributed by atoms with Crippen LogP contribution in [0.4, 0.5) is 4.79 Å². The van der Waals surface area contributed by atoms with Crippen LogP contribution >= 0.6 is 0 Å². The first kappa shape index (κ1) is 28.4. The van der Waals surface area contributed by atoms with E-state index in [9.17, 15) is 29.1 Å². The zero-order chi connectivity index (χ0) is 25.8. The van der Waals surface area contributed by atoms with Crippen molar-refractivity contribution in [3.05, 3.63) is 35.9 Å². The molecule has 1 rings (SSSR count). The average Bonchev–Trinajstić information content (AvgIpc) is 2.80. The molecule has 0 saturated carbocycles. The van der Waals surface area contributed by atoms with E-state index in [2.05, 4.69) is 20.1 Å². The fourth-order valence-corrected chi connectivity index (χ4v) is 3.25. The van der Waals surface area contributed by atoms with Crippen LogP contribution in [0.25, 0.3) is 0 Å². The Kier molecular flexibility index (Phi) is 11.5. The summed E-state index contributed by atoms with van der Waals surface area (Å²) < 4.78 is 14.3. The van der Waals surface area contributed by atoms with Crippen molar-refractivity contribution in [3.8, 4) is 0 Å². The number of nitrogens with one attached hydrogen (secondary N) is 2. The fourth-order valence-electron chi connectivity index (χ4n) is 3.25. The van der Waals surface area contributed by atoms with E-state index in [4.69, 9.17) is 4.74 Å². The lowest BCUT2D eigenvalue weighted by molar-refractivity contribution is -0.163. The van der Waals surface area contributed by atoms with E-state index < -0.39 is 53.8 Å². The van der Waals surface area contributed by atoms with E-state index in [1.54, 1.807) is 24.3 Å². The Labute approximate surface area is 198 Å². The quantitative estimate of drug-likeness (QED) is 0.229. The van der Waals surface area contributed by atoms with Gasteiger partial charge in [-0.1, -0.05) is 51.1 Å². The number of aliphatic carboxylic acids is 1. The number of carbonyl (C=O) groups excluding carboxylic acids is 4. The van der Waals surface area contributed by atoms with Crippen molar-refractivity contribution in [2.45, 2.75) is 45.9 Å². The minimum atomic E-state index is -1.65. The molecule has 0 aliphatic heterocycles. The second-order valence-corrected chi connectivity index (χ2v) is 8.10. The predicted octanol–water partition coefficient (Wildman–Crippen LogP) is 1.50. The standard InChI is InChI=1S/C23H32N2O9/c1-13(2)11-16(24-23(31)34-12-15-9-7-6-8-10-15)19(26)25-18(20(27)28)14(3)17(21(29)32-4)22(30)33-5/h6-10,13-14,16-18H,11-12H2,1-5H3,(H,24,31)(H,25,26)(H,27,28)/t14-,16+,18+/m1/s1. The summed E-state index contributed by atoms with van der Waals surface area (Å²) in [6, 6.07) is 6.16. The third kappa shape index (κ3) is 8.72. The summed E-state index contributed by atoms with van der Waals surface area (Å²) in [5.74, 6) is -7.12. The number of alkyl carbamates (subject to hydrolysis) is 1. The highest BCUT2D eigenvalue weighted by Crippen LogP contribution is 2.20. The lowest BCUT2D eigenvalue weighted by Gasteiger charge is -2.28. The molecule has 11 nitrogen and oxygen atoms in total. The topological polar surface area (TPSA) is 157 Å². The van der Waals surface area contributed by atoms with Crippen LogP contribution in [-0.4, -0.2) is 61.3 Å². The first-order chi connectivity index (χ1) is 16.0. The van der Waals surface area contributed by atoms with Crippen LogP contribution in [0.2, 0.25) is 0 Å². The van der Waals surface area contributed by atoms with Crippen LogP contribution in [0.5, 0.6) is 0 Å². The number of methoxy groups -OCH3 is 2. The van der Waals surface area contributed by atoms with Crippen molar-refractivity contribution in [1.82, 2.24) is 10.6 Å². The largest absolute Gasteiger partial charge is 0.480 e. The van der Waals surface area contributed by atoms with Gasteiger partial charge in [0.25, 0.3) is 0 Å². The summed E-state index contributed by atoms with van der Waals surface area (Å²) in [6.45, 7) is 4.92. The summed E-state index contributed by atoms with van der Waals surface area (Å²) in [5, 5.41) is 14.4. The minimum Gasteiger partial charge on any atom is -0.480 e. The summed E-state index contributed by atoms with van der Waals surface area (Å²) in [5.41, 5.74) is 0.749. The lowest BCUT2D eigenvalue weighted by Crippen LogP contribution is -2.56. The van der Waals surface area contributed by atoms with Gasteiger partial charge in [0.1, 0.15) is 18.7 Å². The monoisotopic (exact) mass is 480 g/mol. The van der Waals surface area contributed by atoms with E-state index in [-0.39, 0.29) is 18.9 Å². The van der Waals surface area contributed by atoms with Crippen LogP contribution in [-0.2, 0) is 40.0 Å². The molecule has 1 aromatic rings. The number of amides is 2. The molecule has 3 atom stereocenters. The molecule has 11 heteroatoms. The fraction of sp³-hybridized carbons (Fsp3) is 0.522. The molecular weight excluding hydrogens is 448 g/mol. The summed E-state index contributed by atoms with van der Waals surface area (Å²) >= 11 is 0. The molecule has 0 unspecified atom stereocenters. The van der Waals surface area contributed by atoms with E-state index in [0.29, 0.717) is 0 Å². The van der Waals surface area contributed by atoms with Crippen LogP contribution in [0.15, 0.2) is 30.3 Å². The van der Waals surface area contributed by atoms with Gasteiger partial charge in [-0.25, -0.2) is 9.59 Å². The highest BCUT2D eigenvalue weighted by Gasteiger charge is 2.42. The van der Waals surface area contributed by atoms with Crippen LogP contribution in [0.1, 0.15) is 32.8 Å².